The fourth-order valence-electron chi connectivity index (χ4n) is 3.15. The van der Waals surface area contributed by atoms with E-state index in [1.54, 1.807) is 11.3 Å². The Labute approximate surface area is 192 Å². The van der Waals surface area contributed by atoms with Crippen LogP contribution in [0.4, 0.5) is 5.13 Å². The summed E-state index contributed by atoms with van der Waals surface area (Å²) in [4.78, 5) is 23.0. The Hall–Kier alpha value is -3.00. The first-order valence-electron chi connectivity index (χ1n) is 9.66. The summed E-state index contributed by atoms with van der Waals surface area (Å²) in [6, 6.07) is 28.2. The highest BCUT2D eigenvalue weighted by Crippen LogP contribution is 2.39. The molecule has 5 aromatic rings. The van der Waals surface area contributed by atoms with E-state index in [2.05, 4.69) is 22.4 Å². The maximum atomic E-state index is 12.6. The molecule has 0 aliphatic carbocycles. The Kier molecular flexibility index (Phi) is 5.80. The lowest BCUT2D eigenvalue weighted by atomic mass is 10.1. The zero-order chi connectivity index (χ0) is 21.0. The fraction of sp³-hybridized carbons (Fsp3) is 0.0417. The zero-order valence-corrected chi connectivity index (χ0v) is 18.8. The van der Waals surface area contributed by atoms with Crippen molar-refractivity contribution in [2.24, 2.45) is 0 Å². The van der Waals surface area contributed by atoms with Gasteiger partial charge in [-0.25, -0.2) is 9.97 Å². The summed E-state index contributed by atoms with van der Waals surface area (Å²) in [6.07, 6.45) is 0. The van der Waals surface area contributed by atoms with Gasteiger partial charge in [0, 0.05) is 5.56 Å². The number of aromatic nitrogens is 2. The molecule has 0 radical (unpaired) electrons. The summed E-state index contributed by atoms with van der Waals surface area (Å²) in [7, 11) is 0. The van der Waals surface area contributed by atoms with Crippen molar-refractivity contribution in [1.29, 1.82) is 0 Å². The van der Waals surface area contributed by atoms with Crippen LogP contribution < -0.4 is 5.32 Å². The number of benzene rings is 3. The van der Waals surface area contributed by atoms with Gasteiger partial charge >= 0.3 is 0 Å². The molecule has 4 nitrogen and oxygen atoms in total. The van der Waals surface area contributed by atoms with Crippen molar-refractivity contribution in [2.45, 2.75) is 4.34 Å². The Morgan fingerprint density at radius 1 is 0.806 bits per heavy atom. The third-order valence-corrected chi connectivity index (χ3v) is 7.76. The molecule has 7 heteroatoms. The van der Waals surface area contributed by atoms with Gasteiger partial charge in [-0.1, -0.05) is 95.9 Å². The van der Waals surface area contributed by atoms with Crippen molar-refractivity contribution >= 4 is 55.7 Å². The minimum Gasteiger partial charge on any atom is -0.301 e. The number of fused-ring (bicyclic) bond motifs is 1. The Morgan fingerprint density at radius 2 is 1.48 bits per heavy atom. The molecular formula is C24H17N3OS3. The van der Waals surface area contributed by atoms with Crippen LogP contribution in [0.5, 0.6) is 0 Å². The molecule has 0 saturated carbocycles. The molecule has 0 unspecified atom stereocenters. The molecule has 0 bridgehead atoms. The molecule has 1 N–H and O–H groups in total. The highest BCUT2D eigenvalue weighted by atomic mass is 32.2. The molecule has 152 valence electrons. The zero-order valence-electron chi connectivity index (χ0n) is 16.3. The lowest BCUT2D eigenvalue weighted by Gasteiger charge is -2.02. The highest BCUT2D eigenvalue weighted by molar-refractivity contribution is 8.01. The number of hydrogen-bond acceptors (Lipinski definition) is 6. The van der Waals surface area contributed by atoms with Crippen LogP contribution in [-0.2, 0) is 4.79 Å². The number of nitrogens with zero attached hydrogens (tertiary/aromatic N) is 2. The van der Waals surface area contributed by atoms with Gasteiger partial charge in [-0.05, 0) is 17.7 Å². The number of rotatable bonds is 6. The van der Waals surface area contributed by atoms with E-state index in [0.29, 0.717) is 10.9 Å². The lowest BCUT2D eigenvalue weighted by Crippen LogP contribution is -2.13. The number of carbonyl (C=O) groups is 1. The van der Waals surface area contributed by atoms with E-state index in [1.807, 2.05) is 72.8 Å². The van der Waals surface area contributed by atoms with Crippen LogP contribution in [0, 0.1) is 0 Å². The topological polar surface area (TPSA) is 54.9 Å². The van der Waals surface area contributed by atoms with Gasteiger partial charge in [-0.15, -0.1) is 11.3 Å². The third kappa shape index (κ3) is 4.54. The van der Waals surface area contributed by atoms with Gasteiger partial charge in [0.05, 0.1) is 26.5 Å². The van der Waals surface area contributed by atoms with Crippen molar-refractivity contribution in [1.82, 2.24) is 9.97 Å². The molecule has 3 aromatic carbocycles. The quantitative estimate of drug-likeness (QED) is 0.283. The molecule has 0 saturated heterocycles. The summed E-state index contributed by atoms with van der Waals surface area (Å²) >= 11 is 4.55. The number of amides is 1. The number of carbonyl (C=O) groups excluding carboxylic acids is 1. The number of hydrogen-bond donors (Lipinski definition) is 1. The molecule has 0 fully saturated rings. The summed E-state index contributed by atoms with van der Waals surface area (Å²) in [5, 5.41) is 3.58. The average Bonchev–Trinajstić information content (AvgIpc) is 3.43. The lowest BCUT2D eigenvalue weighted by molar-refractivity contribution is -0.113. The first-order valence-corrected chi connectivity index (χ1v) is 12.3. The molecule has 31 heavy (non-hydrogen) atoms. The number of nitrogens with one attached hydrogen (secondary N) is 1. The van der Waals surface area contributed by atoms with E-state index < -0.39 is 0 Å². The van der Waals surface area contributed by atoms with Crippen LogP contribution in [0.1, 0.15) is 0 Å². The molecule has 0 spiro atoms. The van der Waals surface area contributed by atoms with Crippen molar-refractivity contribution < 1.29 is 4.79 Å². The van der Waals surface area contributed by atoms with Gasteiger partial charge < -0.3 is 5.32 Å². The van der Waals surface area contributed by atoms with Crippen LogP contribution in [0.3, 0.4) is 0 Å². The van der Waals surface area contributed by atoms with E-state index in [0.717, 1.165) is 36.3 Å². The number of thioether (sulfide) groups is 1. The first-order chi connectivity index (χ1) is 15.3. The maximum Gasteiger partial charge on any atom is 0.236 e. The van der Waals surface area contributed by atoms with E-state index in [4.69, 9.17) is 4.98 Å². The molecule has 0 aliphatic rings. The average molecular weight is 460 g/mol. The number of para-hydroxylation sites is 1. The third-order valence-electron chi connectivity index (χ3n) is 4.56. The van der Waals surface area contributed by atoms with E-state index in [-0.39, 0.29) is 5.91 Å². The first kappa shape index (κ1) is 19.9. The summed E-state index contributed by atoms with van der Waals surface area (Å²) in [5.41, 5.74) is 3.96. The second-order valence-electron chi connectivity index (χ2n) is 6.71. The van der Waals surface area contributed by atoms with Crippen LogP contribution in [0.2, 0.25) is 0 Å². The van der Waals surface area contributed by atoms with Crippen LogP contribution >= 0.6 is 34.4 Å². The van der Waals surface area contributed by atoms with Gasteiger partial charge in [0.1, 0.15) is 0 Å². The molecule has 2 heterocycles. The Morgan fingerprint density at radius 3 is 2.23 bits per heavy atom. The molecule has 5 rings (SSSR count). The number of thiazole rings is 2. The maximum absolute atomic E-state index is 12.6. The van der Waals surface area contributed by atoms with Gasteiger partial charge in [-0.2, -0.15) is 0 Å². The van der Waals surface area contributed by atoms with Crippen LogP contribution in [0.15, 0.2) is 89.3 Å². The summed E-state index contributed by atoms with van der Waals surface area (Å²) in [6.45, 7) is 0. The SMILES string of the molecule is O=C(CSc1nc2ccccc2s1)Nc1nc(-c2ccccc2)c(-c2ccccc2)s1. The van der Waals surface area contributed by atoms with Gasteiger partial charge in [0.25, 0.3) is 0 Å². The predicted octanol–water partition coefficient (Wildman–Crippen LogP) is 6.82. The Bertz CT molecular complexity index is 1240. The molecule has 2 aromatic heterocycles. The van der Waals surface area contributed by atoms with E-state index in [9.17, 15) is 4.79 Å². The van der Waals surface area contributed by atoms with Gasteiger partial charge in [0.15, 0.2) is 9.47 Å². The second kappa shape index (κ2) is 9.01. The standard InChI is InChI=1S/C24H17N3OS3/c28-20(15-29-24-25-18-13-7-8-14-19(18)30-24)26-23-27-21(16-9-3-1-4-10-16)22(31-23)17-11-5-2-6-12-17/h1-14H,15H2,(H,26,27,28). The molecule has 0 atom stereocenters. The predicted molar refractivity (Wildman–Crippen MR) is 132 cm³/mol. The summed E-state index contributed by atoms with van der Waals surface area (Å²) in [5.74, 6) is 0.207. The minimum absolute atomic E-state index is 0.0859. The number of anilines is 1. The van der Waals surface area contributed by atoms with Crippen molar-refractivity contribution in [2.75, 3.05) is 11.1 Å². The molecule has 1 amide bonds. The van der Waals surface area contributed by atoms with Crippen molar-refractivity contribution in [3.8, 4) is 21.7 Å². The molecule has 0 aliphatic heterocycles. The van der Waals surface area contributed by atoms with E-state index >= 15 is 0 Å². The summed E-state index contributed by atoms with van der Waals surface area (Å²) < 4.78 is 2.02. The smallest absolute Gasteiger partial charge is 0.236 e. The monoisotopic (exact) mass is 459 g/mol. The van der Waals surface area contributed by atoms with Crippen LogP contribution in [0.25, 0.3) is 31.9 Å². The second-order valence-corrected chi connectivity index (χ2v) is 9.97. The minimum atomic E-state index is -0.0859. The van der Waals surface area contributed by atoms with Gasteiger partial charge in [-0.3, -0.25) is 4.79 Å². The molecular weight excluding hydrogens is 442 g/mol. The van der Waals surface area contributed by atoms with Gasteiger partial charge in [0.2, 0.25) is 5.91 Å². The highest BCUT2D eigenvalue weighted by Gasteiger charge is 2.16. The van der Waals surface area contributed by atoms with E-state index in [1.165, 1.54) is 23.1 Å². The largest absolute Gasteiger partial charge is 0.301 e. The van der Waals surface area contributed by atoms with Crippen LogP contribution in [-0.4, -0.2) is 21.6 Å². The van der Waals surface area contributed by atoms with Crippen molar-refractivity contribution in [3.63, 3.8) is 0 Å². The normalized spacial score (nSPS) is 11.0. The Balaban J connectivity index is 1.35. The fourth-order valence-corrected chi connectivity index (χ4v) is 6.02. The van der Waals surface area contributed by atoms with Crippen molar-refractivity contribution in [3.05, 3.63) is 84.9 Å².